The fourth-order valence-corrected chi connectivity index (χ4v) is 3.40. The normalized spacial score (nSPS) is 15.9. The third kappa shape index (κ3) is 3.65. The zero-order valence-corrected chi connectivity index (χ0v) is 15.8. The summed E-state index contributed by atoms with van der Waals surface area (Å²) in [5.74, 6) is -1.03. The van der Waals surface area contributed by atoms with Crippen LogP contribution in [0.1, 0.15) is 17.0 Å². The SMILES string of the molecule is N#CC1=C(N)Oc2n[nH]c(-c3ccc(Cl)cc3)c2C1c1ccc(OC(F)(F)F)cc1. The molecule has 4 rings (SSSR count). The first-order valence-electron chi connectivity index (χ1n) is 8.54. The number of allylic oxidation sites excluding steroid dienone is 1. The number of nitrogens with one attached hydrogen (secondary N) is 1. The summed E-state index contributed by atoms with van der Waals surface area (Å²) < 4.78 is 46.8. The van der Waals surface area contributed by atoms with E-state index in [2.05, 4.69) is 14.9 Å². The van der Waals surface area contributed by atoms with Crippen LogP contribution in [0.25, 0.3) is 11.3 Å². The van der Waals surface area contributed by atoms with Crippen molar-refractivity contribution in [2.24, 2.45) is 5.73 Å². The van der Waals surface area contributed by atoms with Gasteiger partial charge in [0.15, 0.2) is 0 Å². The van der Waals surface area contributed by atoms with Crippen molar-refractivity contribution < 1.29 is 22.6 Å². The Morgan fingerprint density at radius 2 is 1.80 bits per heavy atom. The minimum absolute atomic E-state index is 0.114. The Kier molecular flexibility index (Phi) is 4.79. The second-order valence-electron chi connectivity index (χ2n) is 6.37. The molecule has 0 radical (unpaired) electrons. The molecule has 6 nitrogen and oxygen atoms in total. The molecule has 0 aliphatic carbocycles. The maximum atomic E-state index is 12.5. The van der Waals surface area contributed by atoms with Crippen molar-refractivity contribution in [2.75, 3.05) is 0 Å². The van der Waals surface area contributed by atoms with Gasteiger partial charge >= 0.3 is 6.36 Å². The van der Waals surface area contributed by atoms with Gasteiger partial charge in [-0.1, -0.05) is 35.9 Å². The Hall–Kier alpha value is -3.64. The topological polar surface area (TPSA) is 97.0 Å². The lowest BCUT2D eigenvalue weighted by Crippen LogP contribution is -2.21. The van der Waals surface area contributed by atoms with Crippen molar-refractivity contribution in [2.45, 2.75) is 12.3 Å². The molecule has 30 heavy (non-hydrogen) atoms. The van der Waals surface area contributed by atoms with Crippen LogP contribution in [-0.4, -0.2) is 16.6 Å². The number of hydrogen-bond acceptors (Lipinski definition) is 5. The molecule has 0 fully saturated rings. The highest BCUT2D eigenvalue weighted by Gasteiger charge is 2.36. The molecule has 1 aliphatic heterocycles. The van der Waals surface area contributed by atoms with Crippen LogP contribution in [0, 0.1) is 11.3 Å². The van der Waals surface area contributed by atoms with Gasteiger partial charge in [0.1, 0.15) is 17.4 Å². The quantitative estimate of drug-likeness (QED) is 0.616. The summed E-state index contributed by atoms with van der Waals surface area (Å²) in [4.78, 5) is 0. The maximum absolute atomic E-state index is 12.5. The number of fused-ring (bicyclic) bond motifs is 1. The molecule has 10 heteroatoms. The fraction of sp³-hybridized carbons (Fsp3) is 0.100. The summed E-state index contributed by atoms with van der Waals surface area (Å²) in [6, 6.07) is 14.2. The molecule has 0 spiro atoms. The molecule has 0 bridgehead atoms. The van der Waals surface area contributed by atoms with Crippen molar-refractivity contribution in [3.63, 3.8) is 0 Å². The van der Waals surface area contributed by atoms with E-state index < -0.39 is 12.3 Å². The van der Waals surface area contributed by atoms with Gasteiger partial charge in [-0.3, -0.25) is 5.10 Å². The van der Waals surface area contributed by atoms with Crippen LogP contribution in [0.5, 0.6) is 11.6 Å². The van der Waals surface area contributed by atoms with Crippen LogP contribution < -0.4 is 15.2 Å². The molecule has 0 saturated heterocycles. The van der Waals surface area contributed by atoms with Crippen molar-refractivity contribution in [3.05, 3.63) is 76.1 Å². The van der Waals surface area contributed by atoms with Crippen LogP contribution in [0.4, 0.5) is 13.2 Å². The van der Waals surface area contributed by atoms with Gasteiger partial charge in [-0.2, -0.15) is 5.26 Å². The zero-order valence-electron chi connectivity index (χ0n) is 15.0. The third-order valence-electron chi connectivity index (χ3n) is 4.52. The molecule has 1 unspecified atom stereocenters. The van der Waals surface area contributed by atoms with Gasteiger partial charge in [0.25, 0.3) is 0 Å². The third-order valence-corrected chi connectivity index (χ3v) is 4.77. The van der Waals surface area contributed by atoms with Crippen LogP contribution >= 0.6 is 11.6 Å². The first kappa shape index (κ1) is 19.7. The van der Waals surface area contributed by atoms with Crippen molar-refractivity contribution in [3.8, 4) is 29.0 Å². The number of nitriles is 1. The smallest absolute Gasteiger partial charge is 0.420 e. The van der Waals surface area contributed by atoms with Crippen LogP contribution in [-0.2, 0) is 0 Å². The number of ether oxygens (including phenoxy) is 2. The standard InChI is InChI=1S/C20H12ClF3N4O2/c21-12-5-1-11(2-6-12)17-16-15(14(9-25)18(26)29-19(16)28-27-17)10-3-7-13(8-4-10)30-20(22,23)24/h1-8,15H,26H2,(H,27,28). The lowest BCUT2D eigenvalue weighted by Gasteiger charge is -2.24. The average molecular weight is 433 g/mol. The summed E-state index contributed by atoms with van der Waals surface area (Å²) in [6.45, 7) is 0. The van der Waals surface area contributed by atoms with Crippen LogP contribution in [0.15, 0.2) is 60.0 Å². The largest absolute Gasteiger partial charge is 0.573 e. The second-order valence-corrected chi connectivity index (χ2v) is 6.80. The number of halogens is 4. The van der Waals surface area contributed by atoms with Crippen molar-refractivity contribution >= 4 is 11.6 Å². The molecule has 1 atom stereocenters. The minimum Gasteiger partial charge on any atom is -0.420 e. The molecular formula is C20H12ClF3N4O2. The van der Waals surface area contributed by atoms with E-state index in [1.807, 2.05) is 6.07 Å². The predicted octanol–water partition coefficient (Wildman–Crippen LogP) is 4.85. The van der Waals surface area contributed by atoms with Crippen LogP contribution in [0.2, 0.25) is 5.02 Å². The van der Waals surface area contributed by atoms with Gasteiger partial charge in [-0.05, 0) is 29.8 Å². The number of rotatable bonds is 3. The molecule has 1 aromatic heterocycles. The average Bonchev–Trinajstić information content (AvgIpc) is 3.10. The van der Waals surface area contributed by atoms with Crippen molar-refractivity contribution in [1.29, 1.82) is 5.26 Å². The van der Waals surface area contributed by atoms with Gasteiger partial charge < -0.3 is 15.2 Å². The lowest BCUT2D eigenvalue weighted by molar-refractivity contribution is -0.274. The molecule has 0 amide bonds. The maximum Gasteiger partial charge on any atom is 0.573 e. The summed E-state index contributed by atoms with van der Waals surface area (Å²) in [7, 11) is 0. The molecule has 1 aliphatic rings. The van der Waals surface area contributed by atoms with E-state index >= 15 is 0 Å². The molecule has 2 heterocycles. The van der Waals surface area contributed by atoms with Gasteiger partial charge in [0.2, 0.25) is 11.8 Å². The van der Waals surface area contributed by atoms with Gasteiger partial charge in [0.05, 0.1) is 17.2 Å². The minimum atomic E-state index is -4.80. The number of aromatic nitrogens is 2. The summed E-state index contributed by atoms with van der Waals surface area (Å²) >= 11 is 5.96. The summed E-state index contributed by atoms with van der Waals surface area (Å²) in [6.07, 6.45) is -4.80. The molecule has 3 aromatic rings. The zero-order chi connectivity index (χ0) is 21.5. The van der Waals surface area contributed by atoms with E-state index in [0.717, 1.165) is 5.56 Å². The van der Waals surface area contributed by atoms with E-state index in [0.29, 0.717) is 21.8 Å². The Balaban J connectivity index is 1.82. The first-order chi connectivity index (χ1) is 14.3. The van der Waals surface area contributed by atoms with E-state index in [4.69, 9.17) is 22.1 Å². The van der Waals surface area contributed by atoms with Crippen molar-refractivity contribution in [1.82, 2.24) is 10.2 Å². The highest BCUT2D eigenvalue weighted by atomic mass is 35.5. The second kappa shape index (κ2) is 7.31. The van der Waals surface area contributed by atoms with E-state index in [9.17, 15) is 18.4 Å². The molecule has 3 N–H and O–H groups in total. The monoisotopic (exact) mass is 432 g/mol. The number of aromatic amines is 1. The number of H-pyrrole nitrogens is 1. The Morgan fingerprint density at radius 1 is 1.13 bits per heavy atom. The number of hydrogen-bond donors (Lipinski definition) is 2. The fourth-order valence-electron chi connectivity index (χ4n) is 3.28. The Bertz CT molecular complexity index is 1160. The van der Waals surface area contributed by atoms with Crippen LogP contribution in [0.3, 0.4) is 0 Å². The predicted molar refractivity (Wildman–Crippen MR) is 101 cm³/mol. The molecular weight excluding hydrogens is 421 g/mol. The molecule has 152 valence electrons. The van der Waals surface area contributed by atoms with E-state index in [-0.39, 0.29) is 23.1 Å². The van der Waals surface area contributed by atoms with E-state index in [1.165, 1.54) is 24.3 Å². The highest BCUT2D eigenvalue weighted by Crippen LogP contribution is 2.46. The first-order valence-corrected chi connectivity index (χ1v) is 8.92. The number of benzene rings is 2. The number of nitrogens with two attached hydrogens (primary N) is 1. The Morgan fingerprint density at radius 3 is 2.40 bits per heavy atom. The van der Waals surface area contributed by atoms with Gasteiger partial charge in [-0.15, -0.1) is 18.3 Å². The Labute approximate surface area is 173 Å². The summed E-state index contributed by atoms with van der Waals surface area (Å²) in [5, 5.41) is 17.2. The van der Waals surface area contributed by atoms with E-state index in [1.54, 1.807) is 24.3 Å². The molecule has 0 saturated carbocycles. The van der Waals surface area contributed by atoms with Gasteiger partial charge in [0, 0.05) is 10.6 Å². The molecule has 2 aromatic carbocycles. The number of nitrogens with zero attached hydrogens (tertiary/aromatic N) is 2. The summed E-state index contributed by atoms with van der Waals surface area (Å²) in [5.41, 5.74) is 8.38. The highest BCUT2D eigenvalue weighted by molar-refractivity contribution is 6.30. The lowest BCUT2D eigenvalue weighted by atomic mass is 9.83. The number of alkyl halides is 3. The van der Waals surface area contributed by atoms with Gasteiger partial charge in [-0.25, -0.2) is 0 Å².